The number of nitrogens with two attached hydrogens (primary N) is 1. The first-order chi connectivity index (χ1) is 12.6. The number of carbonyl (C=O) groups is 1. The Morgan fingerprint density at radius 2 is 1.77 bits per heavy atom. The van der Waals surface area contributed by atoms with Gasteiger partial charge in [0.15, 0.2) is 0 Å². The van der Waals surface area contributed by atoms with E-state index in [4.69, 9.17) is 5.73 Å². The minimum absolute atomic E-state index is 0.299. The molecular formula is C18H20N6O2. The fourth-order valence-corrected chi connectivity index (χ4v) is 2.65. The SMILES string of the molecule is NC(Cc1ccccc1)C(O)C(=O)NC(c1ccccc1)c1nn[nH]n1. The highest BCUT2D eigenvalue weighted by Crippen LogP contribution is 2.18. The van der Waals surface area contributed by atoms with E-state index < -0.39 is 24.1 Å². The molecule has 2 aromatic carbocycles. The average molecular weight is 352 g/mol. The first-order valence-corrected chi connectivity index (χ1v) is 8.21. The molecule has 0 spiro atoms. The largest absolute Gasteiger partial charge is 0.382 e. The Morgan fingerprint density at radius 3 is 2.38 bits per heavy atom. The second-order valence-electron chi connectivity index (χ2n) is 5.92. The summed E-state index contributed by atoms with van der Waals surface area (Å²) in [5.41, 5.74) is 7.74. The number of rotatable bonds is 7. The van der Waals surface area contributed by atoms with Crippen molar-refractivity contribution in [2.75, 3.05) is 0 Å². The molecule has 0 aliphatic heterocycles. The van der Waals surface area contributed by atoms with Gasteiger partial charge in [0.2, 0.25) is 5.82 Å². The van der Waals surface area contributed by atoms with Crippen LogP contribution in [0.15, 0.2) is 60.7 Å². The molecule has 0 bridgehead atoms. The molecule has 1 amide bonds. The number of amides is 1. The van der Waals surface area contributed by atoms with E-state index in [1.807, 2.05) is 60.7 Å². The lowest BCUT2D eigenvalue weighted by molar-refractivity contribution is -0.130. The summed E-state index contributed by atoms with van der Waals surface area (Å²) in [6.07, 6.45) is -0.985. The molecule has 26 heavy (non-hydrogen) atoms. The summed E-state index contributed by atoms with van der Waals surface area (Å²) >= 11 is 0. The van der Waals surface area contributed by atoms with E-state index in [-0.39, 0.29) is 0 Å². The highest BCUT2D eigenvalue weighted by Gasteiger charge is 2.28. The van der Waals surface area contributed by atoms with E-state index in [1.54, 1.807) is 0 Å². The standard InChI is InChI=1S/C18H20N6O2/c19-14(11-12-7-3-1-4-8-12)16(25)18(26)20-15(17-21-23-24-22-17)13-9-5-2-6-10-13/h1-10,14-16,25H,11,19H2,(H,20,26)(H,21,22,23,24). The highest BCUT2D eigenvalue weighted by atomic mass is 16.3. The predicted octanol–water partition coefficient (Wildman–Crippen LogP) is 0.336. The van der Waals surface area contributed by atoms with Crippen molar-refractivity contribution in [2.24, 2.45) is 5.73 Å². The number of H-pyrrole nitrogens is 1. The van der Waals surface area contributed by atoms with Crippen molar-refractivity contribution >= 4 is 5.91 Å². The zero-order valence-electron chi connectivity index (χ0n) is 14.0. The number of hydrogen-bond acceptors (Lipinski definition) is 6. The smallest absolute Gasteiger partial charge is 0.251 e. The second kappa shape index (κ2) is 8.32. The van der Waals surface area contributed by atoms with Gasteiger partial charge >= 0.3 is 0 Å². The zero-order chi connectivity index (χ0) is 18.4. The van der Waals surface area contributed by atoms with Gasteiger partial charge in [-0.15, -0.1) is 10.2 Å². The number of benzene rings is 2. The Bertz CT molecular complexity index is 810. The molecule has 0 saturated heterocycles. The number of aliphatic hydroxyl groups excluding tert-OH is 1. The quantitative estimate of drug-likeness (QED) is 0.485. The molecule has 3 aromatic rings. The van der Waals surface area contributed by atoms with Gasteiger partial charge in [0.05, 0.1) is 0 Å². The Labute approximate surface area is 150 Å². The van der Waals surface area contributed by atoms with Gasteiger partial charge in [0.1, 0.15) is 12.1 Å². The lowest BCUT2D eigenvalue weighted by Crippen LogP contribution is -2.48. The van der Waals surface area contributed by atoms with Crippen LogP contribution in [0.1, 0.15) is 23.0 Å². The molecule has 0 saturated carbocycles. The first kappa shape index (κ1) is 17.7. The Hall–Kier alpha value is -3.10. The average Bonchev–Trinajstić information content (AvgIpc) is 3.21. The van der Waals surface area contributed by atoms with Gasteiger partial charge < -0.3 is 16.2 Å². The Kier molecular flexibility index (Phi) is 5.67. The first-order valence-electron chi connectivity index (χ1n) is 8.21. The van der Waals surface area contributed by atoms with Crippen LogP contribution < -0.4 is 11.1 Å². The van der Waals surface area contributed by atoms with Crippen molar-refractivity contribution < 1.29 is 9.90 Å². The van der Waals surface area contributed by atoms with Gasteiger partial charge in [0.25, 0.3) is 5.91 Å². The molecule has 3 unspecified atom stereocenters. The van der Waals surface area contributed by atoms with E-state index in [0.29, 0.717) is 12.2 Å². The van der Waals surface area contributed by atoms with E-state index in [2.05, 4.69) is 25.9 Å². The Balaban J connectivity index is 1.71. The summed E-state index contributed by atoms with van der Waals surface area (Å²) < 4.78 is 0. The molecule has 8 nitrogen and oxygen atoms in total. The van der Waals surface area contributed by atoms with Crippen molar-refractivity contribution in [1.82, 2.24) is 25.9 Å². The molecule has 0 fully saturated rings. The summed E-state index contributed by atoms with van der Waals surface area (Å²) in [6, 6.07) is 17.3. The molecule has 0 aliphatic carbocycles. The van der Waals surface area contributed by atoms with Crippen molar-refractivity contribution in [3.8, 4) is 0 Å². The van der Waals surface area contributed by atoms with Crippen LogP contribution >= 0.6 is 0 Å². The van der Waals surface area contributed by atoms with Crippen LogP contribution in [-0.2, 0) is 11.2 Å². The maximum atomic E-state index is 12.5. The molecular weight excluding hydrogens is 332 g/mol. The maximum absolute atomic E-state index is 12.5. The summed E-state index contributed by atoms with van der Waals surface area (Å²) in [5.74, 6) is -0.291. The van der Waals surface area contributed by atoms with Gasteiger partial charge in [-0.1, -0.05) is 65.9 Å². The molecule has 8 heteroatoms. The van der Waals surface area contributed by atoms with Gasteiger partial charge in [0, 0.05) is 6.04 Å². The van der Waals surface area contributed by atoms with E-state index >= 15 is 0 Å². The normalized spacial score (nSPS) is 14.4. The van der Waals surface area contributed by atoms with Gasteiger partial charge in [-0.2, -0.15) is 5.21 Å². The van der Waals surface area contributed by atoms with Crippen molar-refractivity contribution in [2.45, 2.75) is 24.6 Å². The van der Waals surface area contributed by atoms with Crippen molar-refractivity contribution in [1.29, 1.82) is 0 Å². The molecule has 1 heterocycles. The third kappa shape index (κ3) is 4.29. The van der Waals surface area contributed by atoms with Gasteiger partial charge in [-0.3, -0.25) is 4.79 Å². The molecule has 0 radical (unpaired) electrons. The maximum Gasteiger partial charge on any atom is 0.251 e. The number of hydrogen-bond donors (Lipinski definition) is 4. The third-order valence-electron chi connectivity index (χ3n) is 4.03. The van der Waals surface area contributed by atoms with Gasteiger partial charge in [-0.25, -0.2) is 0 Å². The topological polar surface area (TPSA) is 130 Å². The van der Waals surface area contributed by atoms with Crippen molar-refractivity contribution in [3.05, 3.63) is 77.6 Å². The molecule has 3 atom stereocenters. The Morgan fingerprint density at radius 1 is 1.12 bits per heavy atom. The summed E-state index contributed by atoms with van der Waals surface area (Å²) in [7, 11) is 0. The molecule has 5 N–H and O–H groups in total. The number of aromatic amines is 1. The number of aromatic nitrogens is 4. The lowest BCUT2D eigenvalue weighted by atomic mass is 10.0. The van der Waals surface area contributed by atoms with Crippen LogP contribution in [0.5, 0.6) is 0 Å². The number of aliphatic hydroxyl groups is 1. The van der Waals surface area contributed by atoms with Gasteiger partial charge in [-0.05, 0) is 17.5 Å². The molecule has 3 rings (SSSR count). The van der Waals surface area contributed by atoms with Crippen LogP contribution in [0.25, 0.3) is 0 Å². The summed E-state index contributed by atoms with van der Waals surface area (Å²) in [6.45, 7) is 0. The molecule has 0 aliphatic rings. The van der Waals surface area contributed by atoms with E-state index in [1.165, 1.54) is 0 Å². The van der Waals surface area contributed by atoms with Crippen LogP contribution in [0, 0.1) is 0 Å². The number of carbonyl (C=O) groups excluding carboxylic acids is 1. The number of tetrazole rings is 1. The van der Waals surface area contributed by atoms with Crippen LogP contribution in [0.3, 0.4) is 0 Å². The van der Waals surface area contributed by atoms with E-state index in [0.717, 1.165) is 11.1 Å². The molecule has 1 aromatic heterocycles. The zero-order valence-corrected chi connectivity index (χ0v) is 14.0. The number of nitrogens with zero attached hydrogens (tertiary/aromatic N) is 3. The minimum Gasteiger partial charge on any atom is -0.382 e. The van der Waals surface area contributed by atoms with Crippen LogP contribution in [0.4, 0.5) is 0 Å². The summed E-state index contributed by atoms with van der Waals surface area (Å²) in [4.78, 5) is 12.5. The fraction of sp³-hybridized carbons (Fsp3) is 0.222. The fourth-order valence-electron chi connectivity index (χ4n) is 2.65. The molecule has 134 valence electrons. The number of nitrogens with one attached hydrogen (secondary N) is 2. The minimum atomic E-state index is -1.37. The van der Waals surface area contributed by atoms with Crippen LogP contribution in [-0.4, -0.2) is 43.8 Å². The monoisotopic (exact) mass is 352 g/mol. The summed E-state index contributed by atoms with van der Waals surface area (Å²) in [5, 5.41) is 26.9. The van der Waals surface area contributed by atoms with Crippen LogP contribution in [0.2, 0.25) is 0 Å². The predicted molar refractivity (Wildman–Crippen MR) is 94.7 cm³/mol. The second-order valence-corrected chi connectivity index (χ2v) is 5.92. The van der Waals surface area contributed by atoms with Crippen molar-refractivity contribution in [3.63, 3.8) is 0 Å². The third-order valence-corrected chi connectivity index (χ3v) is 4.03. The highest BCUT2D eigenvalue weighted by molar-refractivity contribution is 5.82. The lowest BCUT2D eigenvalue weighted by Gasteiger charge is -2.22. The van der Waals surface area contributed by atoms with E-state index in [9.17, 15) is 9.90 Å².